The van der Waals surface area contributed by atoms with Crippen molar-refractivity contribution in [3.8, 4) is 11.5 Å². The first-order valence-corrected chi connectivity index (χ1v) is 11.9. The van der Waals surface area contributed by atoms with Gasteiger partial charge in [-0.25, -0.2) is 4.79 Å². The molecular formula is C28H21ClN2O5. The molecule has 2 aliphatic rings. The fraction of sp³-hybridized carbons (Fsp3) is 0.143. The molecule has 1 amide bonds. The van der Waals surface area contributed by atoms with Gasteiger partial charge in [0, 0.05) is 34.2 Å². The minimum absolute atomic E-state index is 0.0914. The van der Waals surface area contributed by atoms with Crippen LogP contribution in [-0.2, 0) is 11.2 Å². The van der Waals surface area contributed by atoms with Gasteiger partial charge in [0.1, 0.15) is 0 Å². The van der Waals surface area contributed by atoms with E-state index in [0.717, 1.165) is 22.2 Å². The molecule has 2 aliphatic heterocycles. The highest BCUT2D eigenvalue weighted by molar-refractivity contribution is 6.32. The standard InChI is InChI=1S/C28H21ClN2O5/c29-21-13-18(28(33)34)6-5-16(21)8-10-25(32)31-12-11-20-19-3-1-2-4-22(19)30-26(20)27(31)17-7-9-23-24(14-17)36-15-35-23/h1-10,13-14,27,30H,11-12,15H2,(H,33,34). The van der Waals surface area contributed by atoms with Crippen LogP contribution in [0.3, 0.4) is 0 Å². The van der Waals surface area contributed by atoms with Gasteiger partial charge in [-0.15, -0.1) is 0 Å². The lowest BCUT2D eigenvalue weighted by atomic mass is 9.92. The van der Waals surface area contributed by atoms with Gasteiger partial charge in [0.2, 0.25) is 12.7 Å². The summed E-state index contributed by atoms with van der Waals surface area (Å²) in [5, 5.41) is 10.6. The van der Waals surface area contributed by atoms with Gasteiger partial charge >= 0.3 is 5.97 Å². The van der Waals surface area contributed by atoms with E-state index in [-0.39, 0.29) is 29.3 Å². The Morgan fingerprint density at radius 1 is 1.06 bits per heavy atom. The smallest absolute Gasteiger partial charge is 0.335 e. The van der Waals surface area contributed by atoms with Crippen molar-refractivity contribution in [2.45, 2.75) is 12.5 Å². The second-order valence-corrected chi connectivity index (χ2v) is 9.14. The van der Waals surface area contributed by atoms with Crippen LogP contribution in [0.2, 0.25) is 5.02 Å². The number of ether oxygens (including phenoxy) is 2. The molecule has 0 bridgehead atoms. The number of hydrogen-bond donors (Lipinski definition) is 2. The van der Waals surface area contributed by atoms with Crippen molar-refractivity contribution < 1.29 is 24.2 Å². The van der Waals surface area contributed by atoms with Crippen LogP contribution in [0.4, 0.5) is 0 Å². The van der Waals surface area contributed by atoms with Crippen LogP contribution >= 0.6 is 11.6 Å². The highest BCUT2D eigenvalue weighted by Gasteiger charge is 2.34. The fourth-order valence-electron chi connectivity index (χ4n) is 4.96. The van der Waals surface area contributed by atoms with Crippen LogP contribution in [-0.4, -0.2) is 40.2 Å². The largest absolute Gasteiger partial charge is 0.478 e. The predicted octanol–water partition coefficient (Wildman–Crippen LogP) is 5.44. The third-order valence-electron chi connectivity index (χ3n) is 6.68. The number of aromatic amines is 1. The molecule has 0 radical (unpaired) electrons. The number of rotatable bonds is 4. The van der Waals surface area contributed by atoms with Crippen LogP contribution in [0.15, 0.2) is 66.7 Å². The molecule has 36 heavy (non-hydrogen) atoms. The summed E-state index contributed by atoms with van der Waals surface area (Å²) in [6, 6.07) is 18.0. The van der Waals surface area contributed by atoms with Crippen molar-refractivity contribution in [3.63, 3.8) is 0 Å². The summed E-state index contributed by atoms with van der Waals surface area (Å²) in [7, 11) is 0. The normalized spacial score (nSPS) is 16.5. The molecule has 3 aromatic carbocycles. The first kappa shape index (κ1) is 22.2. The first-order chi connectivity index (χ1) is 17.5. The second kappa shape index (κ2) is 8.77. The number of aromatic nitrogens is 1. The third-order valence-corrected chi connectivity index (χ3v) is 7.01. The Morgan fingerprint density at radius 3 is 2.72 bits per heavy atom. The van der Waals surface area contributed by atoms with Crippen LogP contribution in [0, 0.1) is 0 Å². The van der Waals surface area contributed by atoms with Gasteiger partial charge < -0.3 is 24.5 Å². The van der Waals surface area contributed by atoms with Crippen LogP contribution in [0.1, 0.15) is 38.8 Å². The summed E-state index contributed by atoms with van der Waals surface area (Å²) in [5.41, 5.74) is 4.79. The van der Waals surface area contributed by atoms with Crippen molar-refractivity contribution in [1.82, 2.24) is 9.88 Å². The number of carboxylic acid groups (broad SMARTS) is 1. The number of nitrogens with one attached hydrogen (secondary N) is 1. The zero-order valence-corrected chi connectivity index (χ0v) is 19.8. The molecule has 8 heteroatoms. The summed E-state index contributed by atoms with van der Waals surface area (Å²) in [4.78, 5) is 30.1. The van der Waals surface area contributed by atoms with E-state index in [0.29, 0.717) is 30.0 Å². The summed E-state index contributed by atoms with van der Waals surface area (Å²) in [5.74, 6) is 0.102. The van der Waals surface area contributed by atoms with E-state index >= 15 is 0 Å². The lowest BCUT2D eigenvalue weighted by Crippen LogP contribution is -2.39. The predicted molar refractivity (Wildman–Crippen MR) is 136 cm³/mol. The van der Waals surface area contributed by atoms with Gasteiger partial charge in [-0.2, -0.15) is 0 Å². The Labute approximate surface area is 211 Å². The molecular weight excluding hydrogens is 480 g/mol. The summed E-state index contributed by atoms with van der Waals surface area (Å²) in [6.07, 6.45) is 3.82. The molecule has 0 aliphatic carbocycles. The lowest BCUT2D eigenvalue weighted by molar-refractivity contribution is -0.128. The number of hydrogen-bond acceptors (Lipinski definition) is 4. The van der Waals surface area contributed by atoms with Crippen molar-refractivity contribution in [2.75, 3.05) is 13.3 Å². The molecule has 1 unspecified atom stereocenters. The third kappa shape index (κ3) is 3.78. The number of amides is 1. The van der Waals surface area contributed by atoms with Gasteiger partial charge in [-0.3, -0.25) is 4.79 Å². The average molecular weight is 501 g/mol. The van der Waals surface area contributed by atoms with Crippen molar-refractivity contribution in [2.24, 2.45) is 0 Å². The van der Waals surface area contributed by atoms with Gasteiger partial charge in [0.25, 0.3) is 0 Å². The molecule has 7 nitrogen and oxygen atoms in total. The molecule has 1 aromatic heterocycles. The highest BCUT2D eigenvalue weighted by atomic mass is 35.5. The number of benzene rings is 3. The topological polar surface area (TPSA) is 91.9 Å². The minimum atomic E-state index is -1.06. The molecule has 3 heterocycles. The number of nitrogens with zero attached hydrogens (tertiary/aromatic N) is 1. The molecule has 0 saturated carbocycles. The molecule has 6 rings (SSSR count). The first-order valence-electron chi connectivity index (χ1n) is 11.5. The van der Waals surface area contributed by atoms with Crippen molar-refractivity contribution >= 4 is 40.5 Å². The van der Waals surface area contributed by atoms with E-state index < -0.39 is 5.97 Å². The van der Waals surface area contributed by atoms with Crippen LogP contribution in [0.25, 0.3) is 17.0 Å². The Kier molecular flexibility index (Phi) is 5.42. The summed E-state index contributed by atoms with van der Waals surface area (Å²) >= 11 is 6.26. The van der Waals surface area contributed by atoms with E-state index in [1.165, 1.54) is 23.8 Å². The molecule has 0 fully saturated rings. The average Bonchev–Trinajstić information content (AvgIpc) is 3.51. The van der Waals surface area contributed by atoms with Crippen molar-refractivity contribution in [3.05, 3.63) is 99.7 Å². The fourth-order valence-corrected chi connectivity index (χ4v) is 5.20. The van der Waals surface area contributed by atoms with Gasteiger partial charge in [0.15, 0.2) is 11.5 Å². The molecule has 4 aromatic rings. The Balaban J connectivity index is 1.39. The number of H-pyrrole nitrogens is 1. The molecule has 2 N–H and O–H groups in total. The number of halogens is 1. The molecule has 180 valence electrons. The maximum absolute atomic E-state index is 13.5. The Morgan fingerprint density at radius 2 is 1.89 bits per heavy atom. The number of carbonyl (C=O) groups is 2. The van der Waals surface area contributed by atoms with E-state index in [9.17, 15) is 9.59 Å². The highest BCUT2D eigenvalue weighted by Crippen LogP contribution is 2.42. The maximum atomic E-state index is 13.5. The zero-order chi connectivity index (χ0) is 24.8. The minimum Gasteiger partial charge on any atom is -0.478 e. The van der Waals surface area contributed by atoms with Gasteiger partial charge in [-0.1, -0.05) is 41.9 Å². The van der Waals surface area contributed by atoms with Crippen molar-refractivity contribution in [1.29, 1.82) is 0 Å². The summed E-state index contributed by atoms with van der Waals surface area (Å²) in [6.45, 7) is 0.705. The lowest BCUT2D eigenvalue weighted by Gasteiger charge is -2.35. The quantitative estimate of drug-likeness (QED) is 0.364. The molecule has 1 atom stereocenters. The Hall–Kier alpha value is -4.23. The number of fused-ring (bicyclic) bond motifs is 4. The van der Waals surface area contributed by atoms with Gasteiger partial charge in [-0.05, 0) is 59.5 Å². The van der Waals surface area contributed by atoms with E-state index in [1.54, 1.807) is 12.1 Å². The Bertz CT molecular complexity index is 1560. The van der Waals surface area contributed by atoms with E-state index in [2.05, 4.69) is 11.1 Å². The SMILES string of the molecule is O=C(O)c1ccc(C=CC(=O)N2CCc3c([nH]c4ccccc34)C2c2ccc3c(c2)OCO3)c(Cl)c1. The van der Waals surface area contributed by atoms with Gasteiger partial charge in [0.05, 0.1) is 11.6 Å². The van der Waals surface area contributed by atoms with Crippen LogP contribution < -0.4 is 9.47 Å². The number of carboxylic acids is 1. The number of para-hydroxylation sites is 1. The zero-order valence-electron chi connectivity index (χ0n) is 19.0. The number of carbonyl (C=O) groups excluding carboxylic acids is 1. The molecule has 0 saturated heterocycles. The van der Waals surface area contributed by atoms with E-state index in [1.807, 2.05) is 41.3 Å². The summed E-state index contributed by atoms with van der Waals surface area (Å²) < 4.78 is 11.1. The second-order valence-electron chi connectivity index (χ2n) is 8.73. The maximum Gasteiger partial charge on any atom is 0.335 e. The van der Waals surface area contributed by atoms with Crippen LogP contribution in [0.5, 0.6) is 11.5 Å². The number of aromatic carboxylic acids is 1. The monoisotopic (exact) mass is 500 g/mol. The van der Waals surface area contributed by atoms with E-state index in [4.69, 9.17) is 26.2 Å². The molecule has 0 spiro atoms.